The molecule has 1 aliphatic heterocycles. The van der Waals surface area contributed by atoms with Crippen molar-refractivity contribution in [1.82, 2.24) is 0 Å². The number of phenols is 1. The van der Waals surface area contributed by atoms with Crippen LogP contribution < -0.4 is 10.5 Å². The molecule has 1 aliphatic rings. The smallest absolute Gasteiger partial charge is 0.345 e. The van der Waals surface area contributed by atoms with Crippen molar-refractivity contribution in [2.45, 2.75) is 0 Å². The fourth-order valence-corrected chi connectivity index (χ4v) is 4.34. The van der Waals surface area contributed by atoms with Crippen LogP contribution in [0.25, 0.3) is 17.0 Å². The second-order valence-corrected chi connectivity index (χ2v) is 8.55. The number of anilines is 1. The number of morpholine rings is 1. The van der Waals surface area contributed by atoms with Crippen molar-refractivity contribution in [3.8, 4) is 5.75 Å². The maximum Gasteiger partial charge on any atom is 0.345 e. The highest BCUT2D eigenvalue weighted by atomic mass is 16.5. The molecule has 1 aromatic heterocycles. The van der Waals surface area contributed by atoms with Crippen molar-refractivity contribution in [3.63, 3.8) is 0 Å². The Labute approximate surface area is 214 Å². The predicted molar refractivity (Wildman–Crippen MR) is 149 cm³/mol. The molecule has 5 rings (SSSR count). The first-order valence-electron chi connectivity index (χ1n) is 12.1. The molecule has 186 valence electrons. The van der Waals surface area contributed by atoms with Crippen molar-refractivity contribution >= 4 is 40.3 Å². The van der Waals surface area contributed by atoms with Crippen LogP contribution in [0.1, 0.15) is 16.7 Å². The average molecular weight is 494 g/mol. The van der Waals surface area contributed by atoms with E-state index in [0.717, 1.165) is 28.0 Å². The van der Waals surface area contributed by atoms with E-state index in [1.54, 1.807) is 37.5 Å². The van der Waals surface area contributed by atoms with Crippen molar-refractivity contribution in [2.24, 2.45) is 9.98 Å². The summed E-state index contributed by atoms with van der Waals surface area (Å²) in [5, 5.41) is 10.8. The minimum absolute atomic E-state index is 0.183. The lowest BCUT2D eigenvalue weighted by Crippen LogP contribution is -2.37. The Morgan fingerprint density at radius 1 is 0.973 bits per heavy atom. The van der Waals surface area contributed by atoms with Crippen LogP contribution in [0, 0.1) is 0 Å². The molecular formula is C30H27N3O4. The summed E-state index contributed by atoms with van der Waals surface area (Å²) in [4.78, 5) is 24.1. The zero-order valence-corrected chi connectivity index (χ0v) is 20.5. The minimum Gasteiger partial charge on any atom is -0.507 e. The van der Waals surface area contributed by atoms with E-state index in [0.29, 0.717) is 43.0 Å². The number of hydrogen-bond acceptors (Lipinski definition) is 7. The largest absolute Gasteiger partial charge is 0.507 e. The number of rotatable bonds is 6. The number of para-hydroxylation sites is 2. The molecule has 0 spiro atoms. The van der Waals surface area contributed by atoms with E-state index in [9.17, 15) is 9.90 Å². The van der Waals surface area contributed by atoms with Crippen molar-refractivity contribution < 1.29 is 14.3 Å². The Hall–Kier alpha value is -4.49. The lowest BCUT2D eigenvalue weighted by atomic mass is 10.1. The molecule has 0 amide bonds. The number of benzene rings is 3. The minimum atomic E-state index is -0.388. The highest BCUT2D eigenvalue weighted by Gasteiger charge is 2.20. The van der Waals surface area contributed by atoms with Gasteiger partial charge in [-0.05, 0) is 54.1 Å². The highest BCUT2D eigenvalue weighted by Crippen LogP contribution is 2.30. The van der Waals surface area contributed by atoms with Gasteiger partial charge in [0, 0.05) is 37.3 Å². The van der Waals surface area contributed by atoms with Crippen molar-refractivity contribution in [3.05, 3.63) is 106 Å². The summed E-state index contributed by atoms with van der Waals surface area (Å²) >= 11 is 0. The van der Waals surface area contributed by atoms with E-state index in [1.807, 2.05) is 60.7 Å². The Balaban J connectivity index is 1.44. The van der Waals surface area contributed by atoms with Gasteiger partial charge < -0.3 is 19.2 Å². The number of nitrogens with zero attached hydrogens (tertiary/aromatic N) is 3. The normalized spacial score (nSPS) is 14.7. The number of allylic oxidation sites excluding steroid dienone is 1. The third-order valence-electron chi connectivity index (χ3n) is 6.25. The van der Waals surface area contributed by atoms with Gasteiger partial charge in [0.05, 0.1) is 35.9 Å². The molecule has 7 heteroatoms. The number of ether oxygens (including phenoxy) is 1. The van der Waals surface area contributed by atoms with E-state index in [-0.39, 0.29) is 11.4 Å². The predicted octanol–water partition coefficient (Wildman–Crippen LogP) is 5.22. The number of fused-ring (bicyclic) bond motifs is 1. The van der Waals surface area contributed by atoms with Gasteiger partial charge in [-0.3, -0.25) is 9.98 Å². The first-order valence-corrected chi connectivity index (χ1v) is 12.1. The molecule has 37 heavy (non-hydrogen) atoms. The van der Waals surface area contributed by atoms with E-state index >= 15 is 0 Å². The fourth-order valence-electron chi connectivity index (χ4n) is 4.34. The molecular weight excluding hydrogens is 466 g/mol. The molecule has 1 N–H and O–H groups in total. The number of hydrogen-bond donors (Lipinski definition) is 1. The Kier molecular flexibility index (Phi) is 7.23. The molecule has 0 saturated carbocycles. The second-order valence-electron chi connectivity index (χ2n) is 8.55. The maximum absolute atomic E-state index is 13.0. The summed E-state index contributed by atoms with van der Waals surface area (Å²) in [6.45, 7) is 2.62. The molecule has 1 fully saturated rings. The third-order valence-corrected chi connectivity index (χ3v) is 6.25. The third kappa shape index (κ3) is 5.37. The van der Waals surface area contributed by atoms with Gasteiger partial charge in [-0.2, -0.15) is 0 Å². The summed E-state index contributed by atoms with van der Waals surface area (Å²) in [6, 6.07) is 22.3. The van der Waals surface area contributed by atoms with Crippen LogP contribution in [0.5, 0.6) is 5.75 Å². The Morgan fingerprint density at radius 3 is 2.46 bits per heavy atom. The lowest BCUT2D eigenvalue weighted by molar-refractivity contribution is 0.123. The van der Waals surface area contributed by atoms with Gasteiger partial charge in [-0.1, -0.05) is 36.4 Å². The standard InChI is InChI=1S/C30H27N3O4/c1-31-26(21-10-12-23(13-11-21)32-20-22-6-2-4-8-27(22)34)15-14-25-29(33-16-18-36-19-17-33)24-7-3-5-9-28(24)37-30(25)35/h2-15,20,34H,16-19H2,1H3/b15-14+,31-26?,32-20?. The average Bonchev–Trinajstić information content (AvgIpc) is 2.94. The van der Waals surface area contributed by atoms with Crippen LogP contribution in [0.2, 0.25) is 0 Å². The molecule has 0 radical (unpaired) electrons. The Bertz CT molecular complexity index is 1550. The van der Waals surface area contributed by atoms with Crippen LogP contribution in [0.4, 0.5) is 11.4 Å². The van der Waals surface area contributed by atoms with Gasteiger partial charge in [0.1, 0.15) is 11.3 Å². The number of aromatic hydroxyl groups is 1. The molecule has 0 aliphatic carbocycles. The number of aliphatic imine (C=N–C) groups is 2. The Morgan fingerprint density at radius 2 is 1.70 bits per heavy atom. The molecule has 2 heterocycles. The van der Waals surface area contributed by atoms with E-state index < -0.39 is 0 Å². The molecule has 4 aromatic rings. The van der Waals surface area contributed by atoms with Gasteiger partial charge in [0.25, 0.3) is 0 Å². The lowest BCUT2D eigenvalue weighted by Gasteiger charge is -2.30. The van der Waals surface area contributed by atoms with Gasteiger partial charge >= 0.3 is 5.63 Å². The van der Waals surface area contributed by atoms with E-state index in [1.165, 1.54) is 0 Å². The van der Waals surface area contributed by atoms with Crippen LogP contribution in [-0.2, 0) is 4.74 Å². The van der Waals surface area contributed by atoms with Crippen molar-refractivity contribution in [2.75, 3.05) is 38.3 Å². The molecule has 7 nitrogen and oxygen atoms in total. The zero-order chi connectivity index (χ0) is 25.6. The van der Waals surface area contributed by atoms with Crippen LogP contribution in [0.15, 0.2) is 98.1 Å². The van der Waals surface area contributed by atoms with Gasteiger partial charge in [0.15, 0.2) is 0 Å². The summed E-state index contributed by atoms with van der Waals surface area (Å²) in [7, 11) is 1.72. The molecule has 0 bridgehead atoms. The summed E-state index contributed by atoms with van der Waals surface area (Å²) in [6.07, 6.45) is 5.26. The van der Waals surface area contributed by atoms with Gasteiger partial charge in [0.2, 0.25) is 0 Å². The molecule has 3 aromatic carbocycles. The van der Waals surface area contributed by atoms with Crippen LogP contribution in [-0.4, -0.2) is 50.4 Å². The van der Waals surface area contributed by atoms with Crippen molar-refractivity contribution in [1.29, 1.82) is 0 Å². The molecule has 0 unspecified atom stereocenters. The first kappa shape index (κ1) is 24.2. The first-order chi connectivity index (χ1) is 18.1. The van der Waals surface area contributed by atoms with Gasteiger partial charge in [-0.25, -0.2) is 4.79 Å². The molecule has 1 saturated heterocycles. The monoisotopic (exact) mass is 493 g/mol. The van der Waals surface area contributed by atoms with E-state index in [4.69, 9.17) is 9.15 Å². The fraction of sp³-hybridized carbons (Fsp3) is 0.167. The second kappa shape index (κ2) is 11.1. The number of phenolic OH excluding ortho intramolecular Hbond substituents is 1. The van der Waals surface area contributed by atoms with E-state index in [2.05, 4.69) is 14.9 Å². The summed E-state index contributed by atoms with van der Waals surface area (Å²) < 4.78 is 11.2. The molecule has 0 atom stereocenters. The van der Waals surface area contributed by atoms with Crippen LogP contribution in [0.3, 0.4) is 0 Å². The summed E-state index contributed by atoms with van der Waals surface area (Å²) in [5.74, 6) is 0.183. The summed E-state index contributed by atoms with van der Waals surface area (Å²) in [5.41, 5.74) is 4.53. The van der Waals surface area contributed by atoms with Crippen LogP contribution >= 0.6 is 0 Å². The van der Waals surface area contributed by atoms with Gasteiger partial charge in [-0.15, -0.1) is 0 Å². The quantitative estimate of drug-likeness (QED) is 0.294. The zero-order valence-electron chi connectivity index (χ0n) is 20.5. The topological polar surface area (TPSA) is 87.6 Å². The SMILES string of the molecule is CN=C(/C=C/c1c(N2CCOCC2)c2ccccc2oc1=O)c1ccc(N=Cc2ccccc2O)cc1. The maximum atomic E-state index is 13.0. The highest BCUT2D eigenvalue weighted by molar-refractivity contribution is 6.11.